The van der Waals surface area contributed by atoms with E-state index >= 15 is 0 Å². The van der Waals surface area contributed by atoms with Gasteiger partial charge in [0.2, 0.25) is 17.7 Å². The summed E-state index contributed by atoms with van der Waals surface area (Å²) in [6, 6.07) is 11.7. The lowest BCUT2D eigenvalue weighted by atomic mass is 10.1. The predicted octanol–water partition coefficient (Wildman–Crippen LogP) is 3.67. The van der Waals surface area contributed by atoms with Crippen molar-refractivity contribution in [2.75, 3.05) is 29.1 Å². The van der Waals surface area contributed by atoms with Crippen molar-refractivity contribution >= 4 is 46.4 Å². The Morgan fingerprint density at radius 1 is 1.26 bits per heavy atom. The summed E-state index contributed by atoms with van der Waals surface area (Å²) in [6.07, 6.45) is 0.203. The molecule has 0 bridgehead atoms. The van der Waals surface area contributed by atoms with E-state index in [-0.39, 0.29) is 36.7 Å². The Morgan fingerprint density at radius 2 is 1.97 bits per heavy atom. The standard InChI is InChI=1S/C23H27ClN4O3/c1-14-12-21(29)25-19-9-5-6-11-20(19)28(14)22(30)13-27(4)16(3)23(31)26-18-10-7-8-17(24)15(18)2/h5-11,14,16H,12-13H2,1-4H3,(H,25,29)(H,26,31). The molecule has 2 N–H and O–H groups in total. The summed E-state index contributed by atoms with van der Waals surface area (Å²) in [5.74, 6) is -0.549. The van der Waals surface area contributed by atoms with Gasteiger partial charge in [0.25, 0.3) is 0 Å². The number of hydrogen-bond donors (Lipinski definition) is 2. The minimum atomic E-state index is -0.556. The summed E-state index contributed by atoms with van der Waals surface area (Å²) in [5, 5.41) is 6.30. The van der Waals surface area contributed by atoms with Crippen LogP contribution in [0.3, 0.4) is 0 Å². The molecule has 8 heteroatoms. The van der Waals surface area contributed by atoms with Crippen LogP contribution in [-0.4, -0.2) is 48.3 Å². The van der Waals surface area contributed by atoms with Crippen LogP contribution in [0.1, 0.15) is 25.8 Å². The lowest BCUT2D eigenvalue weighted by Crippen LogP contribution is -2.48. The van der Waals surface area contributed by atoms with Crippen molar-refractivity contribution in [2.24, 2.45) is 0 Å². The number of halogens is 1. The Morgan fingerprint density at radius 3 is 2.71 bits per heavy atom. The fourth-order valence-corrected chi connectivity index (χ4v) is 3.75. The molecule has 0 saturated heterocycles. The van der Waals surface area contributed by atoms with Crippen molar-refractivity contribution in [3.05, 3.63) is 53.1 Å². The van der Waals surface area contributed by atoms with Gasteiger partial charge in [0.05, 0.1) is 24.0 Å². The largest absolute Gasteiger partial charge is 0.324 e. The van der Waals surface area contributed by atoms with E-state index < -0.39 is 6.04 Å². The number of anilines is 3. The predicted molar refractivity (Wildman–Crippen MR) is 124 cm³/mol. The molecule has 0 aliphatic carbocycles. The van der Waals surface area contributed by atoms with Crippen molar-refractivity contribution in [3.8, 4) is 0 Å². The summed E-state index contributed by atoms with van der Waals surface area (Å²) in [7, 11) is 1.73. The molecule has 1 aliphatic rings. The topological polar surface area (TPSA) is 81.8 Å². The average Bonchev–Trinajstić information content (AvgIpc) is 2.84. The van der Waals surface area contributed by atoms with E-state index in [4.69, 9.17) is 11.6 Å². The Kier molecular flexibility index (Phi) is 6.97. The van der Waals surface area contributed by atoms with Crippen LogP contribution in [-0.2, 0) is 14.4 Å². The summed E-state index contributed by atoms with van der Waals surface area (Å²) < 4.78 is 0. The molecule has 164 valence electrons. The molecule has 1 heterocycles. The highest BCUT2D eigenvalue weighted by Gasteiger charge is 2.31. The number of para-hydroxylation sites is 2. The van der Waals surface area contributed by atoms with Crippen molar-refractivity contribution < 1.29 is 14.4 Å². The maximum Gasteiger partial charge on any atom is 0.241 e. The Balaban J connectivity index is 1.72. The Bertz CT molecular complexity index is 1010. The van der Waals surface area contributed by atoms with Crippen LogP contribution in [0.5, 0.6) is 0 Å². The summed E-state index contributed by atoms with van der Waals surface area (Å²) in [4.78, 5) is 41.5. The minimum Gasteiger partial charge on any atom is -0.324 e. The van der Waals surface area contributed by atoms with Crippen LogP contribution in [0.15, 0.2) is 42.5 Å². The van der Waals surface area contributed by atoms with Gasteiger partial charge < -0.3 is 15.5 Å². The molecule has 1 aliphatic heterocycles. The van der Waals surface area contributed by atoms with Crippen molar-refractivity contribution in [1.29, 1.82) is 0 Å². The first kappa shape index (κ1) is 22.8. The number of amides is 3. The van der Waals surface area contributed by atoms with Gasteiger partial charge in [0, 0.05) is 23.2 Å². The number of hydrogen-bond acceptors (Lipinski definition) is 4. The number of likely N-dealkylation sites (N-methyl/N-ethyl adjacent to an activating group) is 1. The maximum absolute atomic E-state index is 13.2. The monoisotopic (exact) mass is 442 g/mol. The fraction of sp³-hybridized carbons (Fsp3) is 0.348. The van der Waals surface area contributed by atoms with E-state index in [9.17, 15) is 14.4 Å². The van der Waals surface area contributed by atoms with Gasteiger partial charge in [-0.2, -0.15) is 0 Å². The highest BCUT2D eigenvalue weighted by atomic mass is 35.5. The molecule has 2 unspecified atom stereocenters. The molecular formula is C23H27ClN4O3. The third-order valence-corrected chi connectivity index (χ3v) is 5.99. The van der Waals surface area contributed by atoms with Crippen LogP contribution in [0.2, 0.25) is 5.02 Å². The van der Waals surface area contributed by atoms with Gasteiger partial charge in [-0.25, -0.2) is 0 Å². The molecule has 3 amide bonds. The first-order valence-electron chi connectivity index (χ1n) is 10.2. The van der Waals surface area contributed by atoms with Gasteiger partial charge in [0.15, 0.2) is 0 Å². The van der Waals surface area contributed by atoms with E-state index in [1.165, 1.54) is 0 Å². The Hall–Kier alpha value is -2.90. The van der Waals surface area contributed by atoms with Crippen LogP contribution in [0.4, 0.5) is 17.1 Å². The lowest BCUT2D eigenvalue weighted by Gasteiger charge is -2.31. The molecule has 2 atom stereocenters. The normalized spacial score (nSPS) is 16.9. The van der Waals surface area contributed by atoms with Crippen molar-refractivity contribution in [2.45, 2.75) is 39.3 Å². The van der Waals surface area contributed by atoms with Crippen LogP contribution >= 0.6 is 11.6 Å². The second-order valence-electron chi connectivity index (χ2n) is 7.87. The number of benzene rings is 2. The number of fused-ring (bicyclic) bond motifs is 1. The summed E-state index contributed by atoms with van der Waals surface area (Å²) >= 11 is 6.13. The van der Waals surface area contributed by atoms with E-state index in [1.54, 1.807) is 48.0 Å². The SMILES string of the molecule is Cc1c(Cl)cccc1NC(=O)C(C)N(C)CC(=O)N1c2ccccc2NC(=O)CC1C. The zero-order chi connectivity index (χ0) is 22.7. The maximum atomic E-state index is 13.2. The van der Waals surface area contributed by atoms with Crippen molar-refractivity contribution in [1.82, 2.24) is 4.90 Å². The molecule has 0 saturated carbocycles. The molecule has 0 radical (unpaired) electrons. The van der Waals surface area contributed by atoms with Gasteiger partial charge in [-0.1, -0.05) is 29.8 Å². The number of nitrogens with zero attached hydrogens (tertiary/aromatic N) is 2. The molecule has 0 spiro atoms. The third kappa shape index (κ3) is 5.06. The molecule has 0 fully saturated rings. The molecule has 2 aromatic rings. The van der Waals surface area contributed by atoms with Crippen molar-refractivity contribution in [3.63, 3.8) is 0 Å². The first-order valence-corrected chi connectivity index (χ1v) is 10.5. The molecule has 3 rings (SSSR count). The van der Waals surface area contributed by atoms with Gasteiger partial charge in [-0.15, -0.1) is 0 Å². The third-order valence-electron chi connectivity index (χ3n) is 5.58. The zero-order valence-electron chi connectivity index (χ0n) is 18.1. The van der Waals surface area contributed by atoms with E-state index in [2.05, 4.69) is 10.6 Å². The summed E-state index contributed by atoms with van der Waals surface area (Å²) in [6.45, 7) is 5.45. The number of carbonyl (C=O) groups excluding carboxylic acids is 3. The smallest absolute Gasteiger partial charge is 0.241 e. The Labute approximate surface area is 187 Å². The first-order chi connectivity index (χ1) is 14.7. The van der Waals surface area contributed by atoms with Crippen LogP contribution < -0.4 is 15.5 Å². The molecule has 7 nitrogen and oxygen atoms in total. The zero-order valence-corrected chi connectivity index (χ0v) is 18.9. The quantitative estimate of drug-likeness (QED) is 0.740. The van der Waals surface area contributed by atoms with Crippen LogP contribution in [0, 0.1) is 6.92 Å². The highest BCUT2D eigenvalue weighted by Crippen LogP contribution is 2.31. The molecular weight excluding hydrogens is 416 g/mol. The second kappa shape index (κ2) is 9.49. The lowest BCUT2D eigenvalue weighted by molar-refractivity contribution is -0.123. The van der Waals surface area contributed by atoms with Crippen LogP contribution in [0.25, 0.3) is 0 Å². The molecule has 31 heavy (non-hydrogen) atoms. The number of carbonyl (C=O) groups is 3. The average molecular weight is 443 g/mol. The van der Waals surface area contributed by atoms with Gasteiger partial charge in [-0.3, -0.25) is 19.3 Å². The van der Waals surface area contributed by atoms with Gasteiger partial charge >= 0.3 is 0 Å². The summed E-state index contributed by atoms with van der Waals surface area (Å²) in [5.41, 5.74) is 2.69. The molecule has 0 aromatic heterocycles. The van der Waals surface area contributed by atoms with Gasteiger partial charge in [0.1, 0.15) is 0 Å². The number of nitrogens with one attached hydrogen (secondary N) is 2. The van der Waals surface area contributed by atoms with E-state index in [0.29, 0.717) is 22.1 Å². The van der Waals surface area contributed by atoms with Gasteiger partial charge in [-0.05, 0) is 57.6 Å². The fourth-order valence-electron chi connectivity index (χ4n) is 3.57. The van der Waals surface area contributed by atoms with E-state index in [0.717, 1.165) is 5.56 Å². The minimum absolute atomic E-state index is 0.0238. The second-order valence-corrected chi connectivity index (χ2v) is 8.28. The highest BCUT2D eigenvalue weighted by molar-refractivity contribution is 6.31. The number of rotatable bonds is 5. The molecule has 2 aromatic carbocycles. The van der Waals surface area contributed by atoms with E-state index in [1.807, 2.05) is 32.0 Å².